The van der Waals surface area contributed by atoms with Crippen LogP contribution in [0.25, 0.3) is 0 Å². The molecule has 120 valence electrons. The summed E-state index contributed by atoms with van der Waals surface area (Å²) in [4.78, 5) is 25.0. The molecule has 1 N–H and O–H groups in total. The Morgan fingerprint density at radius 3 is 2.42 bits per heavy atom. The Morgan fingerprint density at radius 2 is 1.67 bits per heavy atom. The number of benzene rings is 2. The van der Waals surface area contributed by atoms with Crippen LogP contribution in [0.5, 0.6) is 0 Å². The molecule has 0 aliphatic heterocycles. The molecule has 0 unspecified atom stereocenters. The SMILES string of the molecule is O=C(Nc1ccccc1Cl)c1cccn(Cc2ccccc2)c1=O. The maximum atomic E-state index is 12.6. The summed E-state index contributed by atoms with van der Waals surface area (Å²) in [7, 11) is 0. The average Bonchev–Trinajstić information content (AvgIpc) is 2.59. The van der Waals surface area contributed by atoms with Crippen molar-refractivity contribution in [2.24, 2.45) is 0 Å². The van der Waals surface area contributed by atoms with Crippen LogP contribution in [0.1, 0.15) is 15.9 Å². The molecule has 0 aliphatic carbocycles. The van der Waals surface area contributed by atoms with E-state index in [0.29, 0.717) is 17.3 Å². The third-order valence-corrected chi connectivity index (χ3v) is 3.91. The van der Waals surface area contributed by atoms with Gasteiger partial charge in [0.15, 0.2) is 0 Å². The Balaban J connectivity index is 1.86. The van der Waals surface area contributed by atoms with Crippen LogP contribution in [0.4, 0.5) is 5.69 Å². The van der Waals surface area contributed by atoms with Crippen molar-refractivity contribution in [3.63, 3.8) is 0 Å². The van der Waals surface area contributed by atoms with Crippen LogP contribution in [0.3, 0.4) is 0 Å². The van der Waals surface area contributed by atoms with Crippen LogP contribution in [0, 0.1) is 0 Å². The molecule has 0 fully saturated rings. The van der Waals surface area contributed by atoms with Crippen molar-refractivity contribution in [1.82, 2.24) is 4.57 Å². The number of nitrogens with zero attached hydrogens (tertiary/aromatic N) is 1. The van der Waals surface area contributed by atoms with Crippen molar-refractivity contribution < 1.29 is 4.79 Å². The van der Waals surface area contributed by atoms with Gasteiger partial charge in [-0.1, -0.05) is 54.1 Å². The van der Waals surface area contributed by atoms with Gasteiger partial charge >= 0.3 is 0 Å². The number of hydrogen-bond acceptors (Lipinski definition) is 2. The summed E-state index contributed by atoms with van der Waals surface area (Å²) >= 11 is 6.04. The number of aromatic nitrogens is 1. The first-order valence-corrected chi connectivity index (χ1v) is 7.82. The van der Waals surface area contributed by atoms with Gasteiger partial charge < -0.3 is 9.88 Å². The van der Waals surface area contributed by atoms with E-state index in [1.54, 1.807) is 36.5 Å². The van der Waals surface area contributed by atoms with Gasteiger partial charge in [-0.15, -0.1) is 0 Å². The van der Waals surface area contributed by atoms with E-state index in [1.807, 2.05) is 30.3 Å². The van der Waals surface area contributed by atoms with Crippen molar-refractivity contribution in [1.29, 1.82) is 0 Å². The van der Waals surface area contributed by atoms with Crippen molar-refractivity contribution in [3.05, 3.63) is 99.4 Å². The van der Waals surface area contributed by atoms with E-state index < -0.39 is 5.91 Å². The van der Waals surface area contributed by atoms with E-state index in [0.717, 1.165) is 5.56 Å². The summed E-state index contributed by atoms with van der Waals surface area (Å²) in [6.45, 7) is 0.410. The number of amides is 1. The molecule has 2 aromatic carbocycles. The lowest BCUT2D eigenvalue weighted by Gasteiger charge is -2.09. The van der Waals surface area contributed by atoms with E-state index in [1.165, 1.54) is 10.6 Å². The number of hydrogen-bond donors (Lipinski definition) is 1. The first-order chi connectivity index (χ1) is 11.6. The number of carbonyl (C=O) groups is 1. The Hall–Kier alpha value is -2.85. The maximum absolute atomic E-state index is 12.6. The van der Waals surface area contributed by atoms with Gasteiger partial charge in [0.25, 0.3) is 11.5 Å². The fourth-order valence-electron chi connectivity index (χ4n) is 2.37. The van der Waals surface area contributed by atoms with E-state index in [-0.39, 0.29) is 11.1 Å². The normalized spacial score (nSPS) is 10.4. The smallest absolute Gasteiger partial charge is 0.263 e. The van der Waals surface area contributed by atoms with Crippen LogP contribution in [0.15, 0.2) is 77.7 Å². The van der Waals surface area contributed by atoms with Crippen molar-refractivity contribution in [3.8, 4) is 0 Å². The molecule has 1 aromatic heterocycles. The molecule has 4 nitrogen and oxygen atoms in total. The molecule has 3 aromatic rings. The summed E-state index contributed by atoms with van der Waals surface area (Å²) in [6, 6.07) is 19.7. The van der Waals surface area contributed by atoms with Crippen molar-refractivity contribution in [2.45, 2.75) is 6.54 Å². The molecule has 0 saturated heterocycles. The highest BCUT2D eigenvalue weighted by atomic mass is 35.5. The Morgan fingerprint density at radius 1 is 0.958 bits per heavy atom. The molecule has 0 spiro atoms. The molecule has 1 heterocycles. The highest BCUT2D eigenvalue weighted by Gasteiger charge is 2.13. The first kappa shape index (κ1) is 16.0. The summed E-state index contributed by atoms with van der Waals surface area (Å²) in [5.74, 6) is -0.476. The molecule has 5 heteroatoms. The number of para-hydroxylation sites is 1. The second kappa shape index (κ2) is 7.15. The van der Waals surface area contributed by atoms with Gasteiger partial charge in [-0.3, -0.25) is 9.59 Å². The standard InChI is InChI=1S/C19H15ClN2O2/c20-16-10-4-5-11-17(16)21-18(23)15-9-6-12-22(19(15)24)13-14-7-2-1-3-8-14/h1-12H,13H2,(H,21,23). The maximum Gasteiger partial charge on any atom is 0.263 e. The lowest BCUT2D eigenvalue weighted by atomic mass is 10.2. The summed E-state index contributed by atoms with van der Waals surface area (Å²) in [6.07, 6.45) is 1.67. The molecular weight excluding hydrogens is 324 g/mol. The highest BCUT2D eigenvalue weighted by Crippen LogP contribution is 2.20. The second-order valence-electron chi connectivity index (χ2n) is 5.27. The third kappa shape index (κ3) is 3.55. The van der Waals surface area contributed by atoms with E-state index in [2.05, 4.69) is 5.32 Å². The van der Waals surface area contributed by atoms with Crippen LogP contribution in [0.2, 0.25) is 5.02 Å². The zero-order valence-electron chi connectivity index (χ0n) is 12.8. The van der Waals surface area contributed by atoms with Gasteiger partial charge in [-0.25, -0.2) is 0 Å². The monoisotopic (exact) mass is 338 g/mol. The number of nitrogens with one attached hydrogen (secondary N) is 1. The van der Waals surface area contributed by atoms with Gasteiger partial charge in [0.1, 0.15) is 5.56 Å². The van der Waals surface area contributed by atoms with Gasteiger partial charge in [0.2, 0.25) is 0 Å². The number of pyridine rings is 1. The predicted octanol–water partition coefficient (Wildman–Crippen LogP) is 3.80. The molecule has 0 radical (unpaired) electrons. The second-order valence-corrected chi connectivity index (χ2v) is 5.68. The fraction of sp³-hybridized carbons (Fsp3) is 0.0526. The summed E-state index contributed by atoms with van der Waals surface area (Å²) < 4.78 is 1.51. The van der Waals surface area contributed by atoms with Gasteiger partial charge in [0.05, 0.1) is 17.3 Å². The molecule has 1 amide bonds. The van der Waals surface area contributed by atoms with E-state index >= 15 is 0 Å². The number of halogens is 1. The van der Waals surface area contributed by atoms with Gasteiger partial charge in [-0.05, 0) is 29.8 Å². The third-order valence-electron chi connectivity index (χ3n) is 3.58. The molecule has 24 heavy (non-hydrogen) atoms. The minimum Gasteiger partial charge on any atom is -0.320 e. The van der Waals surface area contributed by atoms with Crippen molar-refractivity contribution in [2.75, 3.05) is 5.32 Å². The Bertz CT molecular complexity index is 920. The fourth-order valence-corrected chi connectivity index (χ4v) is 2.55. The van der Waals surface area contributed by atoms with E-state index in [4.69, 9.17) is 11.6 Å². The van der Waals surface area contributed by atoms with Crippen molar-refractivity contribution >= 4 is 23.2 Å². The van der Waals surface area contributed by atoms with Gasteiger partial charge in [0, 0.05) is 6.20 Å². The number of rotatable bonds is 4. The molecule has 0 bridgehead atoms. The zero-order chi connectivity index (χ0) is 16.9. The molecule has 0 atom stereocenters. The van der Waals surface area contributed by atoms with Crippen LogP contribution in [-0.4, -0.2) is 10.5 Å². The molecular formula is C19H15ClN2O2. The van der Waals surface area contributed by atoms with Crippen LogP contribution in [-0.2, 0) is 6.54 Å². The quantitative estimate of drug-likeness (QED) is 0.786. The number of carbonyl (C=O) groups excluding carboxylic acids is 1. The van der Waals surface area contributed by atoms with Crippen LogP contribution >= 0.6 is 11.6 Å². The topological polar surface area (TPSA) is 51.1 Å². The summed E-state index contributed by atoms with van der Waals surface area (Å²) in [5, 5.41) is 3.10. The minimum atomic E-state index is -0.476. The van der Waals surface area contributed by atoms with Crippen LogP contribution < -0.4 is 10.9 Å². The highest BCUT2D eigenvalue weighted by molar-refractivity contribution is 6.33. The first-order valence-electron chi connectivity index (χ1n) is 7.44. The predicted molar refractivity (Wildman–Crippen MR) is 95.7 cm³/mol. The average molecular weight is 339 g/mol. The molecule has 0 aliphatic rings. The number of anilines is 1. The Labute approximate surface area is 144 Å². The zero-order valence-corrected chi connectivity index (χ0v) is 13.5. The van der Waals surface area contributed by atoms with E-state index in [9.17, 15) is 9.59 Å². The minimum absolute atomic E-state index is 0.0772. The molecule has 0 saturated carbocycles. The molecule has 3 rings (SSSR count). The largest absolute Gasteiger partial charge is 0.320 e. The lowest BCUT2D eigenvalue weighted by molar-refractivity contribution is 0.102. The van der Waals surface area contributed by atoms with Gasteiger partial charge in [-0.2, -0.15) is 0 Å². The summed E-state index contributed by atoms with van der Waals surface area (Å²) in [5.41, 5.74) is 1.20. The Kier molecular flexibility index (Phi) is 4.77. The lowest BCUT2D eigenvalue weighted by Crippen LogP contribution is -2.29.